The first-order chi connectivity index (χ1) is 29.6. The van der Waals surface area contributed by atoms with Gasteiger partial charge in [0.25, 0.3) is 0 Å². The SMILES string of the molecule is Cc1cnc(-c2ccc3c(c2)C(CCCCCCN(CCCN(C)C)CCCN(C)C)(CCCCCCN(CCCN(C)C)CCCN(C)C)c2cc(C(C)(C)C)ccc2-3)cn1. The van der Waals surface area contributed by atoms with E-state index in [-0.39, 0.29) is 10.8 Å². The Bertz CT molecular complexity index is 1620. The lowest BCUT2D eigenvalue weighted by atomic mass is 9.69. The summed E-state index contributed by atoms with van der Waals surface area (Å²) in [4.78, 5) is 24.3. The number of benzene rings is 2. The van der Waals surface area contributed by atoms with Crippen molar-refractivity contribution in [1.29, 1.82) is 0 Å². The van der Waals surface area contributed by atoms with Crippen molar-refractivity contribution < 1.29 is 0 Å². The van der Waals surface area contributed by atoms with Crippen molar-refractivity contribution in [3.05, 3.63) is 71.2 Å². The molecule has 0 atom stereocenters. The van der Waals surface area contributed by atoms with Gasteiger partial charge >= 0.3 is 0 Å². The molecule has 8 heteroatoms. The fraction of sp³-hybridized carbons (Fsp3) is 0.704. The molecule has 8 nitrogen and oxygen atoms in total. The Labute approximate surface area is 381 Å². The smallest absolute Gasteiger partial charge is 0.0885 e. The molecule has 0 fully saturated rings. The highest BCUT2D eigenvalue weighted by molar-refractivity contribution is 5.84. The van der Waals surface area contributed by atoms with Crippen LogP contribution in [-0.2, 0) is 10.8 Å². The highest BCUT2D eigenvalue weighted by Gasteiger charge is 2.43. The third kappa shape index (κ3) is 17.0. The van der Waals surface area contributed by atoms with Crippen LogP contribution < -0.4 is 0 Å². The van der Waals surface area contributed by atoms with E-state index in [1.165, 1.54) is 157 Å². The van der Waals surface area contributed by atoms with E-state index in [1.54, 1.807) is 5.56 Å². The van der Waals surface area contributed by atoms with Crippen molar-refractivity contribution in [3.8, 4) is 22.4 Å². The van der Waals surface area contributed by atoms with Gasteiger partial charge in [-0.15, -0.1) is 0 Å². The van der Waals surface area contributed by atoms with E-state index in [1.807, 2.05) is 19.3 Å². The number of nitrogens with zero attached hydrogens (tertiary/aromatic N) is 8. The third-order valence-electron chi connectivity index (χ3n) is 13.3. The highest BCUT2D eigenvalue weighted by atomic mass is 15.1. The predicted molar refractivity (Wildman–Crippen MR) is 269 cm³/mol. The molecule has 0 amide bonds. The van der Waals surface area contributed by atoms with Crippen LogP contribution >= 0.6 is 0 Å². The molecule has 348 valence electrons. The Hall–Kier alpha value is -2.72. The van der Waals surface area contributed by atoms with E-state index in [0.29, 0.717) is 0 Å². The zero-order chi connectivity index (χ0) is 45.1. The van der Waals surface area contributed by atoms with Gasteiger partial charge in [-0.2, -0.15) is 0 Å². The number of hydrogen-bond acceptors (Lipinski definition) is 8. The number of unbranched alkanes of at least 4 members (excludes halogenated alkanes) is 6. The maximum absolute atomic E-state index is 4.87. The van der Waals surface area contributed by atoms with Crippen LogP contribution in [0.4, 0.5) is 0 Å². The molecule has 1 heterocycles. The van der Waals surface area contributed by atoms with Gasteiger partial charge in [0.1, 0.15) is 0 Å². The zero-order valence-electron chi connectivity index (χ0n) is 42.2. The molecule has 3 aromatic rings. The Kier molecular flexibility index (Phi) is 22.0. The molecule has 0 spiro atoms. The molecule has 1 aliphatic rings. The Morgan fingerprint density at radius 2 is 0.871 bits per heavy atom. The van der Waals surface area contributed by atoms with Crippen LogP contribution in [-0.4, -0.2) is 161 Å². The molecule has 0 aliphatic heterocycles. The van der Waals surface area contributed by atoms with Crippen LogP contribution in [0.3, 0.4) is 0 Å². The molecule has 0 saturated carbocycles. The quantitative estimate of drug-likeness (QED) is 0.0594. The van der Waals surface area contributed by atoms with Crippen LogP contribution in [0.2, 0.25) is 0 Å². The number of aromatic nitrogens is 2. The molecule has 2 aromatic carbocycles. The van der Waals surface area contributed by atoms with Gasteiger partial charge in [0.2, 0.25) is 0 Å². The topological polar surface area (TPSA) is 45.2 Å². The summed E-state index contributed by atoms with van der Waals surface area (Å²) in [6, 6.07) is 14.7. The van der Waals surface area contributed by atoms with E-state index < -0.39 is 0 Å². The van der Waals surface area contributed by atoms with E-state index in [2.05, 4.69) is 148 Å². The molecular weight excluding hydrogens is 761 g/mol. The van der Waals surface area contributed by atoms with Crippen molar-refractivity contribution in [2.75, 3.05) is 122 Å². The molecule has 1 aliphatic carbocycles. The van der Waals surface area contributed by atoms with Gasteiger partial charge in [0, 0.05) is 17.2 Å². The summed E-state index contributed by atoms with van der Waals surface area (Å²) in [5.41, 5.74) is 10.6. The summed E-state index contributed by atoms with van der Waals surface area (Å²) >= 11 is 0. The van der Waals surface area contributed by atoms with Crippen LogP contribution in [0, 0.1) is 6.92 Å². The minimum Gasteiger partial charge on any atom is -0.309 e. The molecule has 0 unspecified atom stereocenters. The van der Waals surface area contributed by atoms with Gasteiger partial charge in [-0.05, 0) is 219 Å². The molecule has 0 bridgehead atoms. The number of fused-ring (bicyclic) bond motifs is 3. The summed E-state index contributed by atoms with van der Waals surface area (Å²) in [7, 11) is 17.6. The molecule has 62 heavy (non-hydrogen) atoms. The van der Waals surface area contributed by atoms with Gasteiger partial charge in [-0.1, -0.05) is 89.6 Å². The number of aryl methyl sites for hydroxylation is 1. The first-order valence-electron chi connectivity index (χ1n) is 24.7. The molecular formula is C54H92N8. The molecule has 0 N–H and O–H groups in total. The molecule has 1 aromatic heterocycles. The summed E-state index contributed by atoms with van der Waals surface area (Å²) in [6.45, 7) is 21.1. The van der Waals surface area contributed by atoms with Gasteiger partial charge in [0.15, 0.2) is 0 Å². The second-order valence-corrected chi connectivity index (χ2v) is 21.0. The first-order valence-corrected chi connectivity index (χ1v) is 24.7. The van der Waals surface area contributed by atoms with Crippen LogP contribution in [0.1, 0.15) is 133 Å². The maximum atomic E-state index is 4.87. The minimum absolute atomic E-state index is 0.00511. The molecule has 4 rings (SSSR count). The maximum Gasteiger partial charge on any atom is 0.0885 e. The van der Waals surface area contributed by atoms with E-state index in [9.17, 15) is 0 Å². The standard InChI is InChI=1S/C54H92N8/c1-45-43-56-52(44-55-45)46-25-27-48-49-28-26-47(53(2,3)4)42-51(49)54(50(48)41-46,29-17-13-15-19-35-61(37-21-31-57(5)6)38-22-32-58(7)8)30-18-14-16-20-36-62(39-23-33-59(9)10)40-24-34-60(11)12/h25-28,41-44H,13-24,29-40H2,1-12H3. The fourth-order valence-corrected chi connectivity index (χ4v) is 9.67. The van der Waals surface area contributed by atoms with Crippen molar-refractivity contribution in [2.24, 2.45) is 0 Å². The van der Waals surface area contributed by atoms with Gasteiger partial charge in [-0.3, -0.25) is 9.97 Å². The van der Waals surface area contributed by atoms with Gasteiger partial charge in [-0.25, -0.2) is 0 Å². The van der Waals surface area contributed by atoms with Crippen LogP contribution in [0.5, 0.6) is 0 Å². The fourth-order valence-electron chi connectivity index (χ4n) is 9.67. The Balaban J connectivity index is 1.54. The molecule has 0 radical (unpaired) electrons. The van der Waals surface area contributed by atoms with Crippen molar-refractivity contribution in [3.63, 3.8) is 0 Å². The lowest BCUT2D eigenvalue weighted by Gasteiger charge is -2.34. The number of hydrogen-bond donors (Lipinski definition) is 0. The van der Waals surface area contributed by atoms with Crippen molar-refractivity contribution >= 4 is 0 Å². The predicted octanol–water partition coefficient (Wildman–Crippen LogP) is 10.3. The number of rotatable bonds is 31. The summed E-state index contributed by atoms with van der Waals surface area (Å²) in [5.74, 6) is 0. The lowest BCUT2D eigenvalue weighted by Crippen LogP contribution is -2.31. The van der Waals surface area contributed by atoms with Crippen LogP contribution in [0.15, 0.2) is 48.8 Å². The summed E-state index contributed by atoms with van der Waals surface area (Å²) in [6.07, 6.45) is 21.5. The van der Waals surface area contributed by atoms with Gasteiger partial charge < -0.3 is 29.4 Å². The third-order valence-corrected chi connectivity index (χ3v) is 13.3. The van der Waals surface area contributed by atoms with E-state index in [0.717, 1.165) is 37.6 Å². The van der Waals surface area contributed by atoms with Crippen molar-refractivity contribution in [2.45, 2.75) is 128 Å². The first kappa shape index (κ1) is 51.9. The monoisotopic (exact) mass is 853 g/mol. The normalized spacial score (nSPS) is 13.8. The average Bonchev–Trinajstić information content (AvgIpc) is 3.47. The summed E-state index contributed by atoms with van der Waals surface area (Å²) in [5, 5.41) is 0. The second-order valence-electron chi connectivity index (χ2n) is 21.0. The highest BCUT2D eigenvalue weighted by Crippen LogP contribution is 2.55. The largest absolute Gasteiger partial charge is 0.309 e. The Morgan fingerprint density at radius 1 is 0.452 bits per heavy atom. The Morgan fingerprint density at radius 3 is 1.29 bits per heavy atom. The average molecular weight is 853 g/mol. The zero-order valence-corrected chi connectivity index (χ0v) is 42.2. The van der Waals surface area contributed by atoms with E-state index in [4.69, 9.17) is 4.98 Å². The van der Waals surface area contributed by atoms with Crippen molar-refractivity contribution in [1.82, 2.24) is 39.4 Å². The lowest BCUT2D eigenvalue weighted by molar-refractivity contribution is 0.235. The minimum atomic E-state index is -0.00511. The van der Waals surface area contributed by atoms with E-state index >= 15 is 0 Å². The second kappa shape index (κ2) is 26.3. The van der Waals surface area contributed by atoms with Crippen LogP contribution in [0.25, 0.3) is 22.4 Å². The molecule has 0 saturated heterocycles. The van der Waals surface area contributed by atoms with Gasteiger partial charge in [0.05, 0.1) is 17.6 Å². The summed E-state index contributed by atoms with van der Waals surface area (Å²) < 4.78 is 0.